The summed E-state index contributed by atoms with van der Waals surface area (Å²) in [5.74, 6) is 2.21. The predicted molar refractivity (Wildman–Crippen MR) is 80.8 cm³/mol. The van der Waals surface area contributed by atoms with Gasteiger partial charge in [-0.1, -0.05) is 20.8 Å². The molecule has 3 rings (SSSR count). The Kier molecular flexibility index (Phi) is 3.23. The summed E-state index contributed by atoms with van der Waals surface area (Å²) in [5.41, 5.74) is 2.05. The molecule has 2 heterocycles. The molecule has 1 aliphatic carbocycles. The van der Waals surface area contributed by atoms with E-state index in [9.17, 15) is 0 Å². The van der Waals surface area contributed by atoms with Gasteiger partial charge in [0, 0.05) is 13.1 Å². The van der Waals surface area contributed by atoms with Crippen molar-refractivity contribution in [2.75, 3.05) is 23.7 Å². The fourth-order valence-electron chi connectivity index (χ4n) is 2.42. The van der Waals surface area contributed by atoms with Gasteiger partial charge in [-0.25, -0.2) is 4.98 Å². The number of rotatable bonds is 6. The first-order valence-electron chi connectivity index (χ1n) is 7.29. The van der Waals surface area contributed by atoms with Gasteiger partial charge in [-0.2, -0.15) is 9.97 Å². The van der Waals surface area contributed by atoms with Crippen LogP contribution in [0.1, 0.15) is 33.6 Å². The highest BCUT2D eigenvalue weighted by molar-refractivity contribution is 5.83. The van der Waals surface area contributed by atoms with Crippen LogP contribution in [-0.4, -0.2) is 33.0 Å². The number of H-pyrrole nitrogens is 1. The first-order valence-corrected chi connectivity index (χ1v) is 7.29. The van der Waals surface area contributed by atoms with Crippen LogP contribution in [0.4, 0.5) is 11.8 Å². The molecule has 20 heavy (non-hydrogen) atoms. The van der Waals surface area contributed by atoms with Crippen molar-refractivity contribution >= 4 is 22.9 Å². The van der Waals surface area contributed by atoms with Crippen molar-refractivity contribution in [1.29, 1.82) is 0 Å². The lowest BCUT2D eigenvalue weighted by molar-refractivity contribution is 0.573. The molecule has 0 spiro atoms. The van der Waals surface area contributed by atoms with Gasteiger partial charge in [0.25, 0.3) is 0 Å². The topological polar surface area (TPSA) is 78.5 Å². The van der Waals surface area contributed by atoms with Crippen molar-refractivity contribution in [3.05, 3.63) is 6.33 Å². The van der Waals surface area contributed by atoms with Crippen LogP contribution in [0.25, 0.3) is 11.2 Å². The van der Waals surface area contributed by atoms with E-state index in [2.05, 4.69) is 51.3 Å². The lowest BCUT2D eigenvalue weighted by Gasteiger charge is -2.10. The van der Waals surface area contributed by atoms with Gasteiger partial charge in [-0.05, 0) is 24.2 Å². The number of aromatic nitrogens is 4. The maximum Gasteiger partial charge on any atom is 0.226 e. The Labute approximate surface area is 118 Å². The summed E-state index contributed by atoms with van der Waals surface area (Å²) >= 11 is 0. The molecule has 6 heteroatoms. The lowest BCUT2D eigenvalue weighted by atomic mass is 10.1. The van der Waals surface area contributed by atoms with Gasteiger partial charge in [0.05, 0.1) is 6.33 Å². The van der Waals surface area contributed by atoms with Crippen LogP contribution in [0.5, 0.6) is 0 Å². The van der Waals surface area contributed by atoms with Crippen LogP contribution in [-0.2, 0) is 0 Å². The Bertz CT molecular complexity index is 603. The van der Waals surface area contributed by atoms with Crippen LogP contribution < -0.4 is 10.6 Å². The van der Waals surface area contributed by atoms with E-state index in [4.69, 9.17) is 0 Å². The summed E-state index contributed by atoms with van der Waals surface area (Å²) < 4.78 is 0. The van der Waals surface area contributed by atoms with Gasteiger partial charge in [0.1, 0.15) is 5.52 Å². The molecule has 0 bridgehead atoms. The zero-order valence-electron chi connectivity index (χ0n) is 12.3. The van der Waals surface area contributed by atoms with Crippen molar-refractivity contribution < 1.29 is 0 Å². The average Bonchev–Trinajstić information content (AvgIpc) is 2.84. The Morgan fingerprint density at radius 2 is 2.15 bits per heavy atom. The number of imidazole rings is 1. The molecule has 0 aliphatic heterocycles. The minimum atomic E-state index is 0.469. The summed E-state index contributed by atoms with van der Waals surface area (Å²) in [6.07, 6.45) is 3.98. The zero-order valence-corrected chi connectivity index (χ0v) is 12.3. The third-order valence-corrected chi connectivity index (χ3v) is 4.05. The summed E-state index contributed by atoms with van der Waals surface area (Å²) in [4.78, 5) is 16.3. The second-order valence-corrected chi connectivity index (χ2v) is 6.19. The van der Waals surface area contributed by atoms with Crippen LogP contribution in [0.3, 0.4) is 0 Å². The van der Waals surface area contributed by atoms with Crippen molar-refractivity contribution in [1.82, 2.24) is 19.9 Å². The van der Waals surface area contributed by atoms with Gasteiger partial charge < -0.3 is 15.6 Å². The van der Waals surface area contributed by atoms with Gasteiger partial charge >= 0.3 is 0 Å². The third kappa shape index (κ3) is 2.55. The number of aromatic amines is 1. The van der Waals surface area contributed by atoms with Gasteiger partial charge in [0.15, 0.2) is 11.5 Å². The number of nitrogens with one attached hydrogen (secondary N) is 3. The van der Waals surface area contributed by atoms with Crippen molar-refractivity contribution in [3.63, 3.8) is 0 Å². The highest BCUT2D eigenvalue weighted by Crippen LogP contribution is 2.51. The maximum absolute atomic E-state index is 4.55. The van der Waals surface area contributed by atoms with E-state index >= 15 is 0 Å². The number of hydrogen-bond donors (Lipinski definition) is 3. The van der Waals surface area contributed by atoms with Crippen molar-refractivity contribution in [2.45, 2.75) is 33.6 Å². The minimum absolute atomic E-state index is 0.469. The van der Waals surface area contributed by atoms with E-state index in [1.807, 2.05) is 0 Å². The van der Waals surface area contributed by atoms with E-state index in [-0.39, 0.29) is 0 Å². The van der Waals surface area contributed by atoms with E-state index < -0.39 is 0 Å². The second kappa shape index (κ2) is 4.92. The Morgan fingerprint density at radius 1 is 1.35 bits per heavy atom. The Morgan fingerprint density at radius 3 is 2.85 bits per heavy atom. The smallest absolute Gasteiger partial charge is 0.226 e. The summed E-state index contributed by atoms with van der Waals surface area (Å²) in [6, 6.07) is 0. The molecule has 6 nitrogen and oxygen atoms in total. The number of anilines is 2. The molecular formula is C14H22N6. The van der Waals surface area contributed by atoms with E-state index in [0.717, 1.165) is 36.8 Å². The van der Waals surface area contributed by atoms with Crippen molar-refractivity contribution in [3.8, 4) is 0 Å². The quantitative estimate of drug-likeness (QED) is 0.754. The highest BCUT2D eigenvalue weighted by Gasteiger charge is 2.45. The molecule has 1 saturated carbocycles. The van der Waals surface area contributed by atoms with Crippen LogP contribution in [0.15, 0.2) is 6.33 Å². The summed E-state index contributed by atoms with van der Waals surface area (Å²) in [5, 5.41) is 6.67. The third-order valence-electron chi connectivity index (χ3n) is 4.05. The zero-order chi connectivity index (χ0) is 14.2. The first-order chi connectivity index (χ1) is 9.60. The van der Waals surface area contributed by atoms with Crippen LogP contribution >= 0.6 is 0 Å². The molecule has 1 aliphatic rings. The predicted octanol–water partition coefficient (Wildman–Crippen LogP) is 2.63. The molecule has 108 valence electrons. The summed E-state index contributed by atoms with van der Waals surface area (Å²) in [6.45, 7) is 8.55. The molecule has 2 aromatic rings. The number of nitrogens with zero attached hydrogens (tertiary/aromatic N) is 3. The largest absolute Gasteiger partial charge is 0.368 e. The van der Waals surface area contributed by atoms with Crippen molar-refractivity contribution in [2.24, 2.45) is 11.3 Å². The molecule has 1 atom stereocenters. The van der Waals surface area contributed by atoms with E-state index in [1.54, 1.807) is 6.33 Å². The molecule has 1 fully saturated rings. The standard InChI is InChI=1S/C14H22N6/c1-4-5-15-13-19-11(10-12(20-13)18-8-17-10)16-7-9-6-14(9,2)3/h8-9H,4-7H2,1-3H3,(H3,15,16,17,18,19,20). The highest BCUT2D eigenvalue weighted by atomic mass is 15.2. The fraction of sp³-hybridized carbons (Fsp3) is 0.643. The lowest BCUT2D eigenvalue weighted by Crippen LogP contribution is -2.11. The maximum atomic E-state index is 4.55. The van der Waals surface area contributed by atoms with E-state index in [1.165, 1.54) is 6.42 Å². The average molecular weight is 274 g/mol. The Hall–Kier alpha value is -1.85. The molecule has 2 aromatic heterocycles. The molecule has 0 amide bonds. The van der Waals surface area contributed by atoms with Gasteiger partial charge in [0.2, 0.25) is 5.95 Å². The molecular weight excluding hydrogens is 252 g/mol. The number of hydrogen-bond acceptors (Lipinski definition) is 5. The van der Waals surface area contributed by atoms with E-state index in [0.29, 0.717) is 17.0 Å². The minimum Gasteiger partial charge on any atom is -0.368 e. The molecule has 3 N–H and O–H groups in total. The normalized spacial score (nSPS) is 20.1. The summed E-state index contributed by atoms with van der Waals surface area (Å²) in [7, 11) is 0. The fourth-order valence-corrected chi connectivity index (χ4v) is 2.42. The Balaban J connectivity index is 1.78. The van der Waals surface area contributed by atoms with Crippen LogP contribution in [0, 0.1) is 11.3 Å². The first kappa shape index (κ1) is 13.1. The molecule has 1 unspecified atom stereocenters. The molecule has 0 aromatic carbocycles. The molecule has 0 radical (unpaired) electrons. The SMILES string of the molecule is CCCNc1nc(NCC2CC2(C)C)c2[nH]cnc2n1. The van der Waals surface area contributed by atoms with Crippen LogP contribution in [0.2, 0.25) is 0 Å². The number of fused-ring (bicyclic) bond motifs is 1. The second-order valence-electron chi connectivity index (χ2n) is 6.19. The van der Waals surface area contributed by atoms with Gasteiger partial charge in [-0.3, -0.25) is 0 Å². The molecule has 0 saturated heterocycles. The monoisotopic (exact) mass is 274 g/mol. The van der Waals surface area contributed by atoms with Gasteiger partial charge in [-0.15, -0.1) is 0 Å².